The van der Waals surface area contributed by atoms with E-state index in [1.807, 2.05) is 6.92 Å². The lowest BCUT2D eigenvalue weighted by molar-refractivity contribution is -0.142. The van der Waals surface area contributed by atoms with Gasteiger partial charge in [0.05, 0.1) is 6.61 Å². The smallest absolute Gasteiger partial charge is 0.326 e. The molecule has 0 saturated heterocycles. The summed E-state index contributed by atoms with van der Waals surface area (Å²) >= 11 is 4.06. The van der Waals surface area contributed by atoms with Gasteiger partial charge in [-0.3, -0.25) is 14.4 Å². The van der Waals surface area contributed by atoms with Gasteiger partial charge in [0.1, 0.15) is 24.2 Å². The molecule has 0 aliphatic rings. The number of benzene rings is 1. The summed E-state index contributed by atoms with van der Waals surface area (Å²) in [6.45, 7) is 2.98. The highest BCUT2D eigenvalue weighted by Crippen LogP contribution is 2.10. The molecule has 10 nitrogen and oxygen atoms in total. The fraction of sp³-hybridized carbons (Fsp3) is 0.524. The summed E-state index contributed by atoms with van der Waals surface area (Å²) in [7, 11) is 0. The zero-order chi connectivity index (χ0) is 24.3. The number of carboxylic acids is 1. The van der Waals surface area contributed by atoms with Crippen molar-refractivity contribution in [1.82, 2.24) is 16.0 Å². The van der Waals surface area contributed by atoms with Crippen LogP contribution in [0.2, 0.25) is 0 Å². The van der Waals surface area contributed by atoms with Gasteiger partial charge in [0, 0.05) is 12.2 Å². The van der Waals surface area contributed by atoms with Crippen LogP contribution in [0, 0.1) is 5.92 Å². The van der Waals surface area contributed by atoms with Crippen LogP contribution in [0.25, 0.3) is 0 Å². The molecular formula is C21H32N4O6S. The maximum absolute atomic E-state index is 12.9. The van der Waals surface area contributed by atoms with Gasteiger partial charge < -0.3 is 31.9 Å². The van der Waals surface area contributed by atoms with Gasteiger partial charge in [-0.2, -0.15) is 12.6 Å². The fourth-order valence-corrected chi connectivity index (χ4v) is 3.08. The van der Waals surface area contributed by atoms with Gasteiger partial charge in [0.25, 0.3) is 0 Å². The normalized spacial score (nSPS) is 15.5. The van der Waals surface area contributed by atoms with Crippen molar-refractivity contribution in [3.63, 3.8) is 0 Å². The lowest BCUT2D eigenvalue weighted by Crippen LogP contribution is -2.59. The fourth-order valence-electron chi connectivity index (χ4n) is 2.82. The van der Waals surface area contributed by atoms with Crippen molar-refractivity contribution in [3.05, 3.63) is 35.9 Å². The van der Waals surface area contributed by atoms with E-state index in [0.717, 1.165) is 5.56 Å². The molecule has 0 spiro atoms. The van der Waals surface area contributed by atoms with Gasteiger partial charge in [0.2, 0.25) is 17.7 Å². The number of carbonyl (C=O) groups excluding carboxylic acids is 3. The molecule has 3 amide bonds. The standard InChI is InChI=1S/C21H32N4O6S/c1-3-12(2)17(25-19(28)16(11-32)24-18(27)14(22)10-26)20(29)23-15(21(30)31)9-13-7-5-4-6-8-13/h4-8,12,14-17,26,32H,3,9-11,22H2,1-2H3,(H,23,29)(H,24,27)(H,25,28)(H,30,31). The zero-order valence-corrected chi connectivity index (χ0v) is 19.0. The molecule has 0 radical (unpaired) electrons. The van der Waals surface area contributed by atoms with Gasteiger partial charge in [-0.1, -0.05) is 50.6 Å². The van der Waals surface area contributed by atoms with Gasteiger partial charge in [0.15, 0.2) is 0 Å². The van der Waals surface area contributed by atoms with E-state index in [1.165, 1.54) is 0 Å². The molecule has 0 aliphatic carbocycles. The van der Waals surface area contributed by atoms with E-state index < -0.39 is 54.5 Å². The van der Waals surface area contributed by atoms with Crippen LogP contribution in [0.3, 0.4) is 0 Å². The van der Waals surface area contributed by atoms with Crippen LogP contribution in [-0.2, 0) is 25.6 Å². The molecule has 0 saturated carbocycles. The second-order valence-electron chi connectivity index (χ2n) is 7.49. The largest absolute Gasteiger partial charge is 0.480 e. The number of nitrogens with two attached hydrogens (primary N) is 1. The Bertz CT molecular complexity index is 779. The van der Waals surface area contributed by atoms with Crippen LogP contribution in [-0.4, -0.2) is 70.4 Å². The minimum absolute atomic E-state index is 0.0731. The summed E-state index contributed by atoms with van der Waals surface area (Å²) in [5.41, 5.74) is 6.19. The predicted molar refractivity (Wildman–Crippen MR) is 122 cm³/mol. The molecule has 5 unspecified atom stereocenters. The molecule has 11 heteroatoms. The van der Waals surface area contributed by atoms with Crippen LogP contribution in [0.15, 0.2) is 30.3 Å². The summed E-state index contributed by atoms with van der Waals surface area (Å²) in [4.78, 5) is 49.2. The maximum atomic E-state index is 12.9. The van der Waals surface area contributed by atoms with E-state index in [2.05, 4.69) is 28.6 Å². The summed E-state index contributed by atoms with van der Waals surface area (Å²) < 4.78 is 0. The van der Waals surface area contributed by atoms with E-state index >= 15 is 0 Å². The molecule has 0 aliphatic heterocycles. The van der Waals surface area contributed by atoms with E-state index in [9.17, 15) is 24.3 Å². The van der Waals surface area contributed by atoms with Crippen molar-refractivity contribution in [3.8, 4) is 0 Å². The summed E-state index contributed by atoms with van der Waals surface area (Å²) in [6, 6.07) is 4.35. The van der Waals surface area contributed by atoms with E-state index in [4.69, 9.17) is 10.8 Å². The van der Waals surface area contributed by atoms with E-state index in [1.54, 1.807) is 37.3 Å². The molecule has 1 aromatic rings. The molecule has 1 aromatic carbocycles. The quantitative estimate of drug-likeness (QED) is 0.183. The van der Waals surface area contributed by atoms with Crippen molar-refractivity contribution < 1.29 is 29.4 Å². The van der Waals surface area contributed by atoms with Crippen LogP contribution < -0.4 is 21.7 Å². The molecule has 1 rings (SSSR count). The Balaban J connectivity index is 2.93. The predicted octanol–water partition coefficient (Wildman–Crippen LogP) is -0.936. The van der Waals surface area contributed by atoms with Gasteiger partial charge in [-0.15, -0.1) is 0 Å². The first kappa shape index (κ1) is 27.4. The third kappa shape index (κ3) is 8.48. The Morgan fingerprint density at radius 1 is 1.00 bits per heavy atom. The van der Waals surface area contributed by atoms with Gasteiger partial charge in [-0.25, -0.2) is 4.79 Å². The Morgan fingerprint density at radius 3 is 2.09 bits per heavy atom. The molecule has 7 N–H and O–H groups in total. The average molecular weight is 469 g/mol. The Labute approximate surface area is 192 Å². The first-order valence-corrected chi connectivity index (χ1v) is 10.9. The number of hydrogen-bond donors (Lipinski definition) is 7. The summed E-state index contributed by atoms with van der Waals surface area (Å²) in [6.07, 6.45) is 0.611. The first-order chi connectivity index (χ1) is 15.1. The van der Waals surface area contributed by atoms with Crippen molar-refractivity contribution in [2.45, 2.75) is 50.9 Å². The number of amides is 3. The number of thiol groups is 1. The van der Waals surface area contributed by atoms with Crippen LogP contribution in [0.1, 0.15) is 25.8 Å². The van der Waals surface area contributed by atoms with Crippen molar-refractivity contribution in [2.75, 3.05) is 12.4 Å². The lowest BCUT2D eigenvalue weighted by Gasteiger charge is -2.27. The molecular weight excluding hydrogens is 436 g/mol. The third-order valence-electron chi connectivity index (χ3n) is 5.04. The second-order valence-corrected chi connectivity index (χ2v) is 7.86. The Morgan fingerprint density at radius 2 is 1.59 bits per heavy atom. The van der Waals surface area contributed by atoms with Crippen molar-refractivity contribution in [2.24, 2.45) is 11.7 Å². The maximum Gasteiger partial charge on any atom is 0.326 e. The zero-order valence-electron chi connectivity index (χ0n) is 18.2. The summed E-state index contributed by atoms with van der Waals surface area (Å²) in [5.74, 6) is -3.65. The van der Waals surface area contributed by atoms with Crippen LogP contribution in [0.5, 0.6) is 0 Å². The molecule has 5 atom stereocenters. The van der Waals surface area contributed by atoms with Gasteiger partial charge in [-0.05, 0) is 11.5 Å². The topological polar surface area (TPSA) is 171 Å². The molecule has 0 fully saturated rings. The molecule has 0 heterocycles. The van der Waals surface area contributed by atoms with Crippen LogP contribution in [0.4, 0.5) is 0 Å². The average Bonchev–Trinajstić information content (AvgIpc) is 2.79. The third-order valence-corrected chi connectivity index (χ3v) is 5.40. The first-order valence-electron chi connectivity index (χ1n) is 10.3. The Hall–Kier alpha value is -2.63. The minimum atomic E-state index is -1.20. The number of rotatable bonds is 13. The molecule has 0 aromatic heterocycles. The molecule has 178 valence electrons. The SMILES string of the molecule is CCC(C)C(NC(=O)C(CS)NC(=O)C(N)CO)C(=O)NC(Cc1ccccc1)C(=O)O. The molecule has 32 heavy (non-hydrogen) atoms. The number of carboxylic acid groups (broad SMARTS) is 1. The number of hydrogen-bond acceptors (Lipinski definition) is 7. The highest BCUT2D eigenvalue weighted by Gasteiger charge is 2.32. The van der Waals surface area contributed by atoms with Crippen molar-refractivity contribution >= 4 is 36.3 Å². The number of aliphatic hydroxyl groups excluding tert-OH is 1. The van der Waals surface area contributed by atoms with Crippen molar-refractivity contribution in [1.29, 1.82) is 0 Å². The highest BCUT2D eigenvalue weighted by atomic mass is 32.1. The lowest BCUT2D eigenvalue weighted by atomic mass is 9.97. The second kappa shape index (κ2) is 13.7. The highest BCUT2D eigenvalue weighted by molar-refractivity contribution is 7.80. The Kier molecular flexibility index (Phi) is 11.7. The van der Waals surface area contributed by atoms with Crippen LogP contribution >= 0.6 is 12.6 Å². The molecule has 0 bridgehead atoms. The van der Waals surface area contributed by atoms with E-state index in [-0.39, 0.29) is 18.1 Å². The van der Waals surface area contributed by atoms with Gasteiger partial charge >= 0.3 is 5.97 Å². The number of nitrogens with one attached hydrogen (secondary N) is 3. The monoisotopic (exact) mass is 468 g/mol. The minimum Gasteiger partial charge on any atom is -0.480 e. The van der Waals surface area contributed by atoms with E-state index in [0.29, 0.717) is 6.42 Å². The number of aliphatic carboxylic acids is 1. The summed E-state index contributed by atoms with van der Waals surface area (Å²) in [5, 5.41) is 26.0. The number of aliphatic hydroxyl groups is 1. The number of carbonyl (C=O) groups is 4.